The highest BCUT2D eigenvalue weighted by Gasteiger charge is 2.38. The maximum atomic E-state index is 12.3. The smallest absolute Gasteiger partial charge is 0.407 e. The summed E-state index contributed by atoms with van der Waals surface area (Å²) < 4.78 is 41.6. The number of nitro groups is 1. The molecule has 0 saturated heterocycles. The van der Waals surface area contributed by atoms with Crippen LogP contribution in [0.1, 0.15) is 11.6 Å². The molecular weight excluding hydrogens is 241 g/mol. The van der Waals surface area contributed by atoms with Crippen molar-refractivity contribution in [2.24, 2.45) is 5.73 Å². The van der Waals surface area contributed by atoms with E-state index >= 15 is 0 Å². The predicted octanol–water partition coefficient (Wildman–Crippen LogP) is 2.17. The van der Waals surface area contributed by atoms with E-state index in [1.165, 1.54) is 0 Å². The average molecular weight is 250 g/mol. The first-order valence-corrected chi connectivity index (χ1v) is 4.42. The molecule has 1 aromatic rings. The quantitative estimate of drug-likeness (QED) is 0.658. The standard InChI is InChI=1S/C9H9F3N2O3/c1-17-7-4-5(8(13)9(10,11)12)2-3-6(7)14(15)16/h2-4,8H,13H2,1H3. The van der Waals surface area contributed by atoms with Crippen molar-refractivity contribution in [2.45, 2.75) is 12.2 Å². The summed E-state index contributed by atoms with van der Waals surface area (Å²) in [5, 5.41) is 10.5. The van der Waals surface area contributed by atoms with Gasteiger partial charge in [0.1, 0.15) is 6.04 Å². The number of nitro benzene ring substituents is 1. The zero-order valence-electron chi connectivity index (χ0n) is 8.69. The fourth-order valence-corrected chi connectivity index (χ4v) is 1.23. The van der Waals surface area contributed by atoms with Gasteiger partial charge in [-0.1, -0.05) is 6.07 Å². The van der Waals surface area contributed by atoms with Crippen LogP contribution < -0.4 is 10.5 Å². The van der Waals surface area contributed by atoms with E-state index in [9.17, 15) is 23.3 Å². The second kappa shape index (κ2) is 4.58. The van der Waals surface area contributed by atoms with E-state index in [4.69, 9.17) is 5.73 Å². The minimum absolute atomic E-state index is 0.257. The lowest BCUT2D eigenvalue weighted by atomic mass is 10.1. The van der Waals surface area contributed by atoms with Crippen LogP contribution in [0.3, 0.4) is 0 Å². The summed E-state index contributed by atoms with van der Waals surface area (Å²) in [5.74, 6) is -0.257. The molecule has 0 aliphatic rings. The molecule has 2 N–H and O–H groups in total. The number of methoxy groups -OCH3 is 1. The van der Waals surface area contributed by atoms with Crippen LogP contribution in [0.15, 0.2) is 18.2 Å². The van der Waals surface area contributed by atoms with Gasteiger partial charge >= 0.3 is 11.9 Å². The molecule has 1 rings (SSSR count). The van der Waals surface area contributed by atoms with Gasteiger partial charge in [-0.2, -0.15) is 13.2 Å². The Balaban J connectivity index is 3.18. The van der Waals surface area contributed by atoms with Crippen molar-refractivity contribution in [3.63, 3.8) is 0 Å². The number of rotatable bonds is 3. The topological polar surface area (TPSA) is 78.4 Å². The first kappa shape index (κ1) is 13.2. The molecule has 0 radical (unpaired) electrons. The second-order valence-corrected chi connectivity index (χ2v) is 3.21. The second-order valence-electron chi connectivity index (χ2n) is 3.21. The number of nitrogens with zero attached hydrogens (tertiary/aromatic N) is 1. The summed E-state index contributed by atoms with van der Waals surface area (Å²) in [6.07, 6.45) is -4.61. The third-order valence-corrected chi connectivity index (χ3v) is 2.11. The van der Waals surface area contributed by atoms with E-state index in [1.54, 1.807) is 0 Å². The number of halogens is 3. The van der Waals surface area contributed by atoms with Crippen molar-refractivity contribution in [3.8, 4) is 5.75 Å². The van der Waals surface area contributed by atoms with E-state index in [1.807, 2.05) is 0 Å². The largest absolute Gasteiger partial charge is 0.490 e. The van der Waals surface area contributed by atoms with Gasteiger partial charge in [-0.25, -0.2) is 0 Å². The van der Waals surface area contributed by atoms with Gasteiger partial charge in [0.25, 0.3) is 0 Å². The lowest BCUT2D eigenvalue weighted by Crippen LogP contribution is -2.28. The fraction of sp³-hybridized carbons (Fsp3) is 0.333. The molecule has 0 aliphatic heterocycles. The normalized spacial score (nSPS) is 13.2. The van der Waals surface area contributed by atoms with Gasteiger partial charge in [-0.3, -0.25) is 10.1 Å². The number of hydrogen-bond acceptors (Lipinski definition) is 4. The van der Waals surface area contributed by atoms with Crippen LogP contribution in [-0.4, -0.2) is 18.2 Å². The third kappa shape index (κ3) is 2.84. The van der Waals surface area contributed by atoms with Crippen molar-refractivity contribution in [2.75, 3.05) is 7.11 Å². The number of nitrogens with two attached hydrogens (primary N) is 1. The number of ether oxygens (including phenoxy) is 1. The predicted molar refractivity (Wildman–Crippen MR) is 52.6 cm³/mol. The molecule has 1 unspecified atom stereocenters. The Bertz CT molecular complexity index is 434. The highest BCUT2D eigenvalue weighted by Crippen LogP contribution is 2.35. The van der Waals surface area contributed by atoms with Crippen LogP contribution in [0.25, 0.3) is 0 Å². The van der Waals surface area contributed by atoms with Gasteiger partial charge in [0, 0.05) is 6.07 Å². The Morgan fingerprint density at radius 1 is 1.47 bits per heavy atom. The number of alkyl halides is 3. The van der Waals surface area contributed by atoms with Gasteiger partial charge < -0.3 is 10.5 Å². The molecule has 0 fully saturated rings. The minimum Gasteiger partial charge on any atom is -0.490 e. The van der Waals surface area contributed by atoms with Crippen molar-refractivity contribution in [1.29, 1.82) is 0 Å². The maximum absolute atomic E-state index is 12.3. The highest BCUT2D eigenvalue weighted by atomic mass is 19.4. The van der Waals surface area contributed by atoms with Crippen molar-refractivity contribution in [1.82, 2.24) is 0 Å². The molecular formula is C9H9F3N2O3. The van der Waals surface area contributed by atoms with Crippen LogP contribution in [-0.2, 0) is 0 Å². The fourth-order valence-electron chi connectivity index (χ4n) is 1.23. The van der Waals surface area contributed by atoms with Crippen LogP contribution in [0.2, 0.25) is 0 Å². The maximum Gasteiger partial charge on any atom is 0.407 e. The lowest BCUT2D eigenvalue weighted by Gasteiger charge is -2.16. The van der Waals surface area contributed by atoms with Gasteiger partial charge in [-0.05, 0) is 11.6 Å². The first-order valence-electron chi connectivity index (χ1n) is 4.42. The summed E-state index contributed by atoms with van der Waals surface area (Å²) >= 11 is 0. The summed E-state index contributed by atoms with van der Waals surface area (Å²) in [6.45, 7) is 0. The molecule has 1 aromatic carbocycles. The summed E-state index contributed by atoms with van der Waals surface area (Å²) in [6, 6.07) is 0.603. The molecule has 0 amide bonds. The molecule has 94 valence electrons. The van der Waals surface area contributed by atoms with Crippen molar-refractivity contribution < 1.29 is 22.8 Å². The SMILES string of the molecule is COc1cc(C(N)C(F)(F)F)ccc1[N+](=O)[O-]. The summed E-state index contributed by atoms with van der Waals surface area (Å²) in [5.41, 5.74) is 4.27. The molecule has 17 heavy (non-hydrogen) atoms. The molecule has 8 heteroatoms. The number of hydrogen-bond donors (Lipinski definition) is 1. The van der Waals surface area contributed by atoms with E-state index in [2.05, 4.69) is 4.74 Å². The molecule has 0 heterocycles. The Morgan fingerprint density at radius 3 is 2.47 bits per heavy atom. The monoisotopic (exact) mass is 250 g/mol. The minimum atomic E-state index is -4.61. The Kier molecular flexibility index (Phi) is 3.56. The van der Waals surface area contributed by atoms with Gasteiger partial charge in [0.05, 0.1) is 12.0 Å². The molecule has 0 aromatic heterocycles. The summed E-state index contributed by atoms with van der Waals surface area (Å²) in [4.78, 5) is 9.78. The summed E-state index contributed by atoms with van der Waals surface area (Å²) in [7, 11) is 1.13. The zero-order chi connectivity index (χ0) is 13.2. The van der Waals surface area contributed by atoms with Crippen LogP contribution in [0, 0.1) is 10.1 Å². The molecule has 0 bridgehead atoms. The Morgan fingerprint density at radius 2 is 2.06 bits per heavy atom. The Labute approximate surface area is 94.1 Å². The molecule has 0 spiro atoms. The van der Waals surface area contributed by atoms with Crippen molar-refractivity contribution in [3.05, 3.63) is 33.9 Å². The highest BCUT2D eigenvalue weighted by molar-refractivity contribution is 5.49. The Hall–Kier alpha value is -1.83. The first-order chi connectivity index (χ1) is 7.77. The molecule has 1 atom stereocenters. The molecule has 5 nitrogen and oxygen atoms in total. The molecule has 0 aliphatic carbocycles. The van der Waals surface area contributed by atoms with Crippen LogP contribution in [0.5, 0.6) is 5.75 Å². The molecule has 0 saturated carbocycles. The van der Waals surface area contributed by atoms with Gasteiger partial charge in [0.2, 0.25) is 0 Å². The van der Waals surface area contributed by atoms with E-state index in [0.29, 0.717) is 0 Å². The van der Waals surface area contributed by atoms with Gasteiger partial charge in [-0.15, -0.1) is 0 Å². The third-order valence-electron chi connectivity index (χ3n) is 2.11. The van der Waals surface area contributed by atoms with Crippen LogP contribution >= 0.6 is 0 Å². The van der Waals surface area contributed by atoms with E-state index in [0.717, 1.165) is 25.3 Å². The number of benzene rings is 1. The van der Waals surface area contributed by atoms with E-state index < -0.39 is 22.8 Å². The van der Waals surface area contributed by atoms with Crippen molar-refractivity contribution >= 4 is 5.69 Å². The zero-order valence-corrected chi connectivity index (χ0v) is 8.69. The van der Waals surface area contributed by atoms with Crippen LogP contribution in [0.4, 0.5) is 18.9 Å². The van der Waals surface area contributed by atoms with E-state index in [-0.39, 0.29) is 11.3 Å². The average Bonchev–Trinajstić information content (AvgIpc) is 2.25. The van der Waals surface area contributed by atoms with Gasteiger partial charge in [0.15, 0.2) is 5.75 Å². The lowest BCUT2D eigenvalue weighted by molar-refractivity contribution is -0.385.